The van der Waals surface area contributed by atoms with Crippen LogP contribution in [0.5, 0.6) is 0 Å². The molecule has 8 heteroatoms. The minimum Gasteiger partial charge on any atom is -0.480 e. The summed E-state index contributed by atoms with van der Waals surface area (Å²) >= 11 is 0. The second-order valence-electron chi connectivity index (χ2n) is 19.4. The molecule has 0 aromatic heterocycles. The molecular formula is C45H64N2O6. The molecule has 5 fully saturated rings. The van der Waals surface area contributed by atoms with Crippen molar-refractivity contribution in [3.8, 4) is 0 Å². The van der Waals surface area contributed by atoms with Crippen LogP contribution in [0.15, 0.2) is 48.1 Å². The summed E-state index contributed by atoms with van der Waals surface area (Å²) in [5.41, 5.74) is 2.41. The van der Waals surface area contributed by atoms with Crippen molar-refractivity contribution < 1.29 is 29.7 Å². The summed E-state index contributed by atoms with van der Waals surface area (Å²) in [6.07, 6.45) is 17.7. The molecule has 0 radical (unpaired) electrons. The van der Waals surface area contributed by atoms with Crippen molar-refractivity contribution in [2.24, 2.45) is 50.7 Å². The van der Waals surface area contributed by atoms with Crippen LogP contribution in [-0.2, 0) is 16.0 Å². The van der Waals surface area contributed by atoms with Crippen LogP contribution in [0.25, 0.3) is 0 Å². The molecular weight excluding hydrogens is 665 g/mol. The number of hydrogen-bond donors (Lipinski definition) is 5. The number of allylic oxidation sites excluding steroid dienone is 1. The Kier molecular flexibility index (Phi) is 10.1. The minimum absolute atomic E-state index is 0.0501. The average molecular weight is 729 g/mol. The number of benzene rings is 1. The van der Waals surface area contributed by atoms with Crippen LogP contribution < -0.4 is 10.6 Å². The first-order chi connectivity index (χ1) is 25.0. The number of aliphatic hydroxyl groups is 2. The number of fused-ring (bicyclic) bond motifs is 7. The fourth-order valence-electron chi connectivity index (χ4n) is 13.8. The first-order valence-corrected chi connectivity index (χ1v) is 20.7. The maximum Gasteiger partial charge on any atom is 0.326 e. The van der Waals surface area contributed by atoms with Crippen molar-refractivity contribution in [2.75, 3.05) is 6.54 Å². The van der Waals surface area contributed by atoms with E-state index >= 15 is 0 Å². The molecule has 0 saturated heterocycles. The predicted octanol–water partition coefficient (Wildman–Crippen LogP) is 7.38. The summed E-state index contributed by atoms with van der Waals surface area (Å²) in [5.74, 6) is 0.819. The lowest BCUT2D eigenvalue weighted by atomic mass is 9.32. The summed E-state index contributed by atoms with van der Waals surface area (Å²) < 4.78 is 0. The average Bonchev–Trinajstić information content (AvgIpc) is 3.57. The van der Waals surface area contributed by atoms with Crippen LogP contribution >= 0.6 is 0 Å². The Balaban J connectivity index is 0.991. The van der Waals surface area contributed by atoms with E-state index in [4.69, 9.17) is 0 Å². The summed E-state index contributed by atoms with van der Waals surface area (Å²) in [6.45, 7) is 12.9. The summed E-state index contributed by atoms with van der Waals surface area (Å²) in [7, 11) is 0. The molecule has 10 unspecified atom stereocenters. The maximum atomic E-state index is 14.3. The van der Waals surface area contributed by atoms with Gasteiger partial charge in [-0.25, -0.2) is 4.79 Å². The number of aliphatic carboxylic acids is 1. The van der Waals surface area contributed by atoms with E-state index in [0.29, 0.717) is 48.6 Å². The van der Waals surface area contributed by atoms with Gasteiger partial charge in [0.05, 0.1) is 17.6 Å². The number of aliphatic hydroxyl groups excluding tert-OH is 2. The molecule has 53 heavy (non-hydrogen) atoms. The lowest BCUT2D eigenvalue weighted by Gasteiger charge is -2.72. The van der Waals surface area contributed by atoms with Gasteiger partial charge < -0.3 is 26.0 Å². The highest BCUT2D eigenvalue weighted by Crippen LogP contribution is 2.76. The third-order valence-corrected chi connectivity index (χ3v) is 16.9. The molecule has 0 bridgehead atoms. The molecule has 7 rings (SSSR count). The second-order valence-corrected chi connectivity index (χ2v) is 19.4. The molecule has 11 atom stereocenters. The lowest BCUT2D eigenvalue weighted by Crippen LogP contribution is -2.67. The van der Waals surface area contributed by atoms with Crippen LogP contribution in [-0.4, -0.2) is 57.9 Å². The SMILES string of the molecule is CC1(C)C(O)CCC2(C)C1CCC1(C)C2CCC2C3CCCC3(C(=O)NCCc3cccc(C(=O)NC(CC4=CCC(O)C=C4)C(=O)O)c3)CC[C@]21C. The number of carboxylic acids is 1. The van der Waals surface area contributed by atoms with Crippen LogP contribution in [0.1, 0.15) is 134 Å². The smallest absolute Gasteiger partial charge is 0.326 e. The normalized spacial score (nSPS) is 40.4. The van der Waals surface area contributed by atoms with Crippen LogP contribution in [0, 0.1) is 50.7 Å². The molecule has 1 aromatic carbocycles. The zero-order chi connectivity index (χ0) is 38.0. The highest BCUT2D eigenvalue weighted by Gasteiger charge is 2.70. The molecule has 0 spiro atoms. The van der Waals surface area contributed by atoms with Gasteiger partial charge >= 0.3 is 5.97 Å². The Morgan fingerprint density at radius 2 is 1.66 bits per heavy atom. The summed E-state index contributed by atoms with van der Waals surface area (Å²) in [5, 5.41) is 36.6. The number of hydrogen-bond acceptors (Lipinski definition) is 5. The van der Waals surface area contributed by atoms with E-state index in [2.05, 4.69) is 45.3 Å². The minimum atomic E-state index is -1.11. The highest BCUT2D eigenvalue weighted by molar-refractivity contribution is 5.96. The van der Waals surface area contributed by atoms with Gasteiger partial charge in [-0.05, 0) is 146 Å². The number of rotatable bonds is 9. The molecule has 0 aliphatic heterocycles. The van der Waals surface area contributed by atoms with E-state index in [9.17, 15) is 29.7 Å². The molecule has 6 aliphatic rings. The fourth-order valence-corrected chi connectivity index (χ4v) is 13.8. The van der Waals surface area contributed by atoms with Crippen LogP contribution in [0.4, 0.5) is 0 Å². The summed E-state index contributed by atoms with van der Waals surface area (Å²) in [4.78, 5) is 39.5. The van der Waals surface area contributed by atoms with Crippen molar-refractivity contribution in [1.29, 1.82) is 0 Å². The Hall–Kier alpha value is -2.97. The van der Waals surface area contributed by atoms with Gasteiger partial charge in [0.1, 0.15) is 6.04 Å². The molecule has 6 aliphatic carbocycles. The highest BCUT2D eigenvalue weighted by atomic mass is 16.4. The Bertz CT molecular complexity index is 1670. The first kappa shape index (κ1) is 38.3. The standard InChI is InChI=1S/C45H64N2O6/c1-41(2)35-17-22-44(5)36(42(35,3)21-18-37(41)49)16-15-32-33-10-7-20-45(33,24-23-43(32,44)4)40(53)46-25-19-28-8-6-9-30(26-28)38(50)47-34(39(51)52)27-29-11-13-31(48)14-12-29/h6,8-9,11-13,26,31-37,48-49H,7,10,14-25,27H2,1-5H3,(H,46,53)(H,47,50)(H,51,52)/t31?,32?,33?,34?,35?,36?,37?,42?,43-,44?,45?/m1/s1. The zero-order valence-electron chi connectivity index (χ0n) is 32.8. The number of carbonyl (C=O) groups is 3. The van der Waals surface area contributed by atoms with Crippen molar-refractivity contribution in [2.45, 2.75) is 143 Å². The van der Waals surface area contributed by atoms with E-state index in [1.54, 1.807) is 24.3 Å². The quantitative estimate of drug-likeness (QED) is 0.180. The van der Waals surface area contributed by atoms with Gasteiger partial charge in [0, 0.05) is 18.5 Å². The van der Waals surface area contributed by atoms with Gasteiger partial charge in [0.2, 0.25) is 5.91 Å². The van der Waals surface area contributed by atoms with Crippen molar-refractivity contribution in [1.82, 2.24) is 10.6 Å². The molecule has 5 N–H and O–H groups in total. The lowest BCUT2D eigenvalue weighted by molar-refractivity contribution is -0.244. The Labute approximate surface area is 316 Å². The van der Waals surface area contributed by atoms with Gasteiger partial charge in [-0.3, -0.25) is 9.59 Å². The van der Waals surface area contributed by atoms with Crippen LogP contribution in [0.3, 0.4) is 0 Å². The van der Waals surface area contributed by atoms with Gasteiger partial charge in [0.25, 0.3) is 5.91 Å². The van der Waals surface area contributed by atoms with E-state index in [0.717, 1.165) is 56.1 Å². The number of carbonyl (C=O) groups excluding carboxylic acids is 2. The van der Waals surface area contributed by atoms with Gasteiger partial charge in [-0.2, -0.15) is 0 Å². The number of amides is 2. The molecule has 5 saturated carbocycles. The third kappa shape index (κ3) is 6.32. The zero-order valence-corrected chi connectivity index (χ0v) is 32.8. The molecule has 8 nitrogen and oxygen atoms in total. The van der Waals surface area contributed by atoms with Gasteiger partial charge in [-0.15, -0.1) is 0 Å². The summed E-state index contributed by atoms with van der Waals surface area (Å²) in [6, 6.07) is 6.16. The van der Waals surface area contributed by atoms with E-state index in [1.807, 2.05) is 18.2 Å². The topological polar surface area (TPSA) is 136 Å². The largest absolute Gasteiger partial charge is 0.480 e. The maximum absolute atomic E-state index is 14.3. The second kappa shape index (κ2) is 14.0. The van der Waals surface area contributed by atoms with Gasteiger partial charge in [-0.1, -0.05) is 71.4 Å². The first-order valence-electron chi connectivity index (χ1n) is 20.7. The van der Waals surface area contributed by atoms with E-state index in [1.165, 1.54) is 25.7 Å². The van der Waals surface area contributed by atoms with Gasteiger partial charge in [0.15, 0.2) is 0 Å². The predicted molar refractivity (Wildman–Crippen MR) is 206 cm³/mol. The monoisotopic (exact) mass is 728 g/mol. The number of nitrogens with one attached hydrogen (secondary N) is 2. The Morgan fingerprint density at radius 1 is 0.868 bits per heavy atom. The van der Waals surface area contributed by atoms with Crippen molar-refractivity contribution in [3.63, 3.8) is 0 Å². The third-order valence-electron chi connectivity index (χ3n) is 16.9. The van der Waals surface area contributed by atoms with Crippen molar-refractivity contribution in [3.05, 3.63) is 59.2 Å². The Morgan fingerprint density at radius 3 is 2.40 bits per heavy atom. The van der Waals surface area contributed by atoms with E-state index in [-0.39, 0.29) is 45.5 Å². The van der Waals surface area contributed by atoms with E-state index < -0.39 is 24.0 Å². The molecule has 290 valence electrons. The molecule has 2 amide bonds. The molecule has 1 aromatic rings. The van der Waals surface area contributed by atoms with Crippen molar-refractivity contribution >= 4 is 17.8 Å². The van der Waals surface area contributed by atoms with Crippen LogP contribution in [0.2, 0.25) is 0 Å². The fraction of sp³-hybridized carbons (Fsp3) is 0.711. The molecule has 0 heterocycles. The number of carboxylic acid groups (broad SMARTS) is 1.